The smallest absolute Gasteiger partial charge is 0.319 e. The van der Waals surface area contributed by atoms with Gasteiger partial charge in [0.2, 0.25) is 0 Å². The van der Waals surface area contributed by atoms with Crippen LogP contribution in [-0.2, 0) is 0 Å². The standard InChI is InChI=1S/C16H23F2N3O/c1-11(2)21-8-6-12(7-9-21)10-19-16(22)20-15-13(17)4-3-5-14(15)18/h3-5,11-12H,6-10H2,1-2H3,(H2,19,20,22). The first-order valence-corrected chi connectivity index (χ1v) is 7.70. The number of benzene rings is 1. The minimum absolute atomic E-state index is 0.408. The molecule has 1 aromatic rings. The van der Waals surface area contributed by atoms with Crippen LogP contribution >= 0.6 is 0 Å². The summed E-state index contributed by atoms with van der Waals surface area (Å²) >= 11 is 0. The van der Waals surface area contributed by atoms with Crippen molar-refractivity contribution in [3.05, 3.63) is 29.8 Å². The molecule has 4 nitrogen and oxygen atoms in total. The number of nitrogens with zero attached hydrogens (tertiary/aromatic N) is 1. The number of nitrogens with one attached hydrogen (secondary N) is 2. The van der Waals surface area contributed by atoms with Crippen molar-refractivity contribution in [2.24, 2.45) is 5.92 Å². The number of likely N-dealkylation sites (tertiary alicyclic amines) is 1. The molecule has 1 heterocycles. The minimum atomic E-state index is -0.777. The fourth-order valence-electron chi connectivity index (χ4n) is 2.69. The maximum atomic E-state index is 13.4. The molecular weight excluding hydrogens is 288 g/mol. The number of anilines is 1. The van der Waals surface area contributed by atoms with Crippen molar-refractivity contribution < 1.29 is 13.6 Å². The molecule has 1 aliphatic heterocycles. The average Bonchev–Trinajstić information content (AvgIpc) is 2.49. The second kappa shape index (κ2) is 7.54. The van der Waals surface area contributed by atoms with E-state index in [0.717, 1.165) is 38.1 Å². The van der Waals surface area contributed by atoms with Crippen molar-refractivity contribution in [1.29, 1.82) is 0 Å². The lowest BCUT2D eigenvalue weighted by molar-refractivity contribution is 0.149. The van der Waals surface area contributed by atoms with Crippen molar-refractivity contribution in [2.45, 2.75) is 32.7 Å². The third-order valence-electron chi connectivity index (χ3n) is 4.13. The summed E-state index contributed by atoms with van der Waals surface area (Å²) in [6, 6.07) is 3.45. The number of carbonyl (C=O) groups is 1. The van der Waals surface area contributed by atoms with Gasteiger partial charge in [0.05, 0.1) is 0 Å². The van der Waals surface area contributed by atoms with Gasteiger partial charge in [-0.15, -0.1) is 0 Å². The largest absolute Gasteiger partial charge is 0.338 e. The Kier molecular flexibility index (Phi) is 5.71. The van der Waals surface area contributed by atoms with E-state index >= 15 is 0 Å². The number of halogens is 2. The van der Waals surface area contributed by atoms with E-state index in [9.17, 15) is 13.6 Å². The van der Waals surface area contributed by atoms with Crippen LogP contribution in [0.1, 0.15) is 26.7 Å². The van der Waals surface area contributed by atoms with Gasteiger partial charge >= 0.3 is 6.03 Å². The molecule has 2 rings (SSSR count). The van der Waals surface area contributed by atoms with Gasteiger partial charge in [-0.05, 0) is 57.8 Å². The molecule has 0 radical (unpaired) electrons. The maximum absolute atomic E-state index is 13.4. The highest BCUT2D eigenvalue weighted by Crippen LogP contribution is 2.19. The number of para-hydroxylation sites is 1. The number of rotatable bonds is 4. The molecule has 0 saturated carbocycles. The predicted octanol–water partition coefficient (Wildman–Crippen LogP) is 3.21. The molecule has 0 spiro atoms. The van der Waals surface area contributed by atoms with E-state index in [1.54, 1.807) is 0 Å². The Labute approximate surface area is 129 Å². The molecule has 2 N–H and O–H groups in total. The van der Waals surface area contributed by atoms with Gasteiger partial charge in [-0.1, -0.05) is 6.07 Å². The number of hydrogen-bond acceptors (Lipinski definition) is 2. The Balaban J connectivity index is 1.77. The van der Waals surface area contributed by atoms with Gasteiger partial charge in [-0.25, -0.2) is 13.6 Å². The molecular formula is C16H23F2N3O. The summed E-state index contributed by atoms with van der Waals surface area (Å²) in [5, 5.41) is 4.93. The zero-order valence-electron chi connectivity index (χ0n) is 13.0. The van der Waals surface area contributed by atoms with E-state index in [1.165, 1.54) is 6.07 Å². The second-order valence-corrected chi connectivity index (χ2v) is 6.00. The van der Waals surface area contributed by atoms with Crippen LogP contribution in [0, 0.1) is 17.6 Å². The van der Waals surface area contributed by atoms with Gasteiger partial charge in [0.25, 0.3) is 0 Å². The number of hydrogen-bond donors (Lipinski definition) is 2. The molecule has 6 heteroatoms. The van der Waals surface area contributed by atoms with Gasteiger partial charge in [0.15, 0.2) is 0 Å². The summed E-state index contributed by atoms with van der Waals surface area (Å²) in [5.41, 5.74) is -0.408. The second-order valence-electron chi connectivity index (χ2n) is 6.00. The van der Waals surface area contributed by atoms with Crippen LogP contribution in [0.15, 0.2) is 18.2 Å². The van der Waals surface area contributed by atoms with Crippen LogP contribution < -0.4 is 10.6 Å². The average molecular weight is 311 g/mol. The van der Waals surface area contributed by atoms with Crippen molar-refractivity contribution in [1.82, 2.24) is 10.2 Å². The van der Waals surface area contributed by atoms with Crippen LogP contribution in [0.2, 0.25) is 0 Å². The first-order chi connectivity index (χ1) is 10.5. The molecule has 1 aliphatic rings. The molecule has 1 aromatic carbocycles. The van der Waals surface area contributed by atoms with Crippen LogP contribution in [0.5, 0.6) is 0 Å². The summed E-state index contributed by atoms with van der Waals surface area (Å²) in [6.45, 7) is 6.92. The fraction of sp³-hybridized carbons (Fsp3) is 0.562. The Morgan fingerprint density at radius 2 is 1.86 bits per heavy atom. The zero-order chi connectivity index (χ0) is 16.1. The third kappa shape index (κ3) is 4.40. The molecule has 0 bridgehead atoms. The summed E-state index contributed by atoms with van der Waals surface area (Å²) in [5.74, 6) is -1.15. The summed E-state index contributed by atoms with van der Waals surface area (Å²) in [6.07, 6.45) is 2.04. The lowest BCUT2D eigenvalue weighted by Gasteiger charge is -2.34. The quantitative estimate of drug-likeness (QED) is 0.897. The summed E-state index contributed by atoms with van der Waals surface area (Å²) in [4.78, 5) is 14.2. The topological polar surface area (TPSA) is 44.4 Å². The Bertz CT molecular complexity index is 494. The van der Waals surface area contributed by atoms with Gasteiger partial charge in [0, 0.05) is 12.6 Å². The van der Waals surface area contributed by atoms with Crippen LogP contribution in [0.3, 0.4) is 0 Å². The lowest BCUT2D eigenvalue weighted by Crippen LogP contribution is -2.42. The van der Waals surface area contributed by atoms with Crippen molar-refractivity contribution in [3.8, 4) is 0 Å². The first kappa shape index (κ1) is 16.7. The zero-order valence-corrected chi connectivity index (χ0v) is 13.0. The minimum Gasteiger partial charge on any atom is -0.338 e. The van der Waals surface area contributed by atoms with Crippen LogP contribution in [0.25, 0.3) is 0 Å². The van der Waals surface area contributed by atoms with Gasteiger partial charge in [0.1, 0.15) is 17.3 Å². The normalized spacial score (nSPS) is 16.8. The van der Waals surface area contributed by atoms with E-state index < -0.39 is 23.4 Å². The Morgan fingerprint density at radius 1 is 1.27 bits per heavy atom. The molecule has 22 heavy (non-hydrogen) atoms. The Hall–Kier alpha value is -1.69. The van der Waals surface area contributed by atoms with E-state index in [1.807, 2.05) is 0 Å². The highest BCUT2D eigenvalue weighted by Gasteiger charge is 2.21. The number of amides is 2. The van der Waals surface area contributed by atoms with E-state index in [2.05, 4.69) is 29.4 Å². The lowest BCUT2D eigenvalue weighted by atomic mass is 9.96. The first-order valence-electron chi connectivity index (χ1n) is 7.70. The molecule has 0 aromatic heterocycles. The maximum Gasteiger partial charge on any atom is 0.319 e. The Morgan fingerprint density at radius 3 is 2.41 bits per heavy atom. The monoisotopic (exact) mass is 311 g/mol. The van der Waals surface area contributed by atoms with E-state index in [4.69, 9.17) is 0 Å². The van der Waals surface area contributed by atoms with E-state index in [0.29, 0.717) is 18.5 Å². The molecule has 0 atom stereocenters. The van der Waals surface area contributed by atoms with Gasteiger partial charge in [-0.2, -0.15) is 0 Å². The molecule has 1 saturated heterocycles. The highest BCUT2D eigenvalue weighted by atomic mass is 19.1. The highest BCUT2D eigenvalue weighted by molar-refractivity contribution is 5.89. The van der Waals surface area contributed by atoms with Crippen LogP contribution in [0.4, 0.5) is 19.3 Å². The van der Waals surface area contributed by atoms with Gasteiger partial charge < -0.3 is 15.5 Å². The number of carbonyl (C=O) groups excluding carboxylic acids is 1. The molecule has 122 valence electrons. The predicted molar refractivity (Wildman–Crippen MR) is 82.8 cm³/mol. The van der Waals surface area contributed by atoms with Crippen molar-refractivity contribution in [2.75, 3.05) is 25.0 Å². The number of urea groups is 1. The summed E-state index contributed by atoms with van der Waals surface area (Å²) in [7, 11) is 0. The molecule has 1 fully saturated rings. The third-order valence-corrected chi connectivity index (χ3v) is 4.13. The van der Waals surface area contributed by atoms with Crippen molar-refractivity contribution >= 4 is 11.7 Å². The summed E-state index contributed by atoms with van der Waals surface area (Å²) < 4.78 is 26.9. The van der Waals surface area contributed by atoms with Crippen molar-refractivity contribution in [3.63, 3.8) is 0 Å². The molecule has 0 unspecified atom stereocenters. The molecule has 0 aliphatic carbocycles. The van der Waals surface area contributed by atoms with Crippen LogP contribution in [-0.4, -0.2) is 36.6 Å². The molecule has 2 amide bonds. The number of piperidine rings is 1. The van der Waals surface area contributed by atoms with Gasteiger partial charge in [-0.3, -0.25) is 0 Å². The SMILES string of the molecule is CC(C)N1CCC(CNC(=O)Nc2c(F)cccc2F)CC1. The fourth-order valence-corrected chi connectivity index (χ4v) is 2.69. The van der Waals surface area contributed by atoms with E-state index in [-0.39, 0.29) is 0 Å².